The van der Waals surface area contributed by atoms with Crippen LogP contribution in [0.4, 0.5) is 22.0 Å². The minimum absolute atomic E-state index is 0.0559. The summed E-state index contributed by atoms with van der Waals surface area (Å²) in [5, 5.41) is 23.1. The highest BCUT2D eigenvalue weighted by atomic mass is 16.5. The molecule has 0 radical (unpaired) electrons. The van der Waals surface area contributed by atoms with Crippen LogP contribution < -0.4 is 16.4 Å². The second-order valence-corrected chi connectivity index (χ2v) is 12.3. The molecule has 2 aliphatic heterocycles. The van der Waals surface area contributed by atoms with Crippen LogP contribution in [0, 0.1) is 6.92 Å². The van der Waals surface area contributed by atoms with Gasteiger partial charge in [-0.3, -0.25) is 10.1 Å². The van der Waals surface area contributed by atoms with Crippen molar-refractivity contribution in [2.75, 3.05) is 30.0 Å². The van der Waals surface area contributed by atoms with Gasteiger partial charge in [0.2, 0.25) is 5.91 Å². The fourth-order valence-electron chi connectivity index (χ4n) is 6.55. The highest BCUT2D eigenvalue weighted by Gasteiger charge is 2.51. The number of benzene rings is 3. The standard InChI is InChI=1S/C34H35N9O3/c1-19-14-22-4-7-26(19)20(2)18-46-33(45)38-25-6-9-28(34(11-12-34)32-39-41-42-40-32)23(16-25)17-43(3)31(44)29(22)37-24-5-8-27-21(15-24)10-13-36-30(27)35/h4-10,13-16,20,29,37H,11-12,17-18H2,1-3H3,(H2,35,36)(H,38,45)(H,39,40,41,42). The van der Waals surface area contributed by atoms with Gasteiger partial charge in [-0.05, 0) is 89.4 Å². The summed E-state index contributed by atoms with van der Waals surface area (Å²) < 4.78 is 5.64. The molecule has 2 amide bonds. The summed E-state index contributed by atoms with van der Waals surface area (Å²) in [5.41, 5.74) is 11.8. The monoisotopic (exact) mass is 617 g/mol. The molecule has 3 aromatic carbocycles. The highest BCUT2D eigenvalue weighted by Crippen LogP contribution is 2.53. The number of aryl methyl sites for hydroxylation is 1. The molecule has 3 aliphatic rings. The van der Waals surface area contributed by atoms with Crippen LogP contribution in [0.3, 0.4) is 0 Å². The first kappa shape index (κ1) is 29.2. The number of ether oxygens (including phenoxy) is 1. The predicted octanol–water partition coefficient (Wildman–Crippen LogP) is 5.20. The van der Waals surface area contributed by atoms with Crippen LogP contribution in [-0.2, 0) is 21.5 Å². The van der Waals surface area contributed by atoms with E-state index in [4.69, 9.17) is 10.5 Å². The number of carbonyl (C=O) groups excluding carboxylic acids is 2. The first-order chi connectivity index (χ1) is 22.2. The molecule has 5 N–H and O–H groups in total. The van der Waals surface area contributed by atoms with Crippen molar-refractivity contribution < 1.29 is 14.3 Å². The lowest BCUT2D eigenvalue weighted by Crippen LogP contribution is -2.35. The van der Waals surface area contributed by atoms with Crippen molar-refractivity contribution in [1.29, 1.82) is 0 Å². The number of anilines is 3. The van der Waals surface area contributed by atoms with Gasteiger partial charge in [0.1, 0.15) is 11.9 Å². The van der Waals surface area contributed by atoms with E-state index in [0.717, 1.165) is 57.1 Å². The number of hydrogen-bond acceptors (Lipinski definition) is 9. The minimum atomic E-state index is -0.688. The summed E-state index contributed by atoms with van der Waals surface area (Å²) in [5.74, 6) is 0.896. The Balaban J connectivity index is 1.30. The molecule has 8 rings (SSSR count). The molecule has 1 saturated carbocycles. The molecule has 4 bridgehead atoms. The van der Waals surface area contributed by atoms with Gasteiger partial charge < -0.3 is 20.7 Å². The molecular weight excluding hydrogens is 582 g/mol. The second-order valence-electron chi connectivity index (χ2n) is 12.3. The van der Waals surface area contributed by atoms with E-state index in [1.807, 2.05) is 74.5 Å². The second kappa shape index (κ2) is 11.4. The number of hydrogen-bond donors (Lipinski definition) is 4. The lowest BCUT2D eigenvalue weighted by Gasteiger charge is -2.28. The van der Waals surface area contributed by atoms with Crippen LogP contribution in [0.25, 0.3) is 10.8 Å². The number of fused-ring (bicyclic) bond motifs is 10. The Morgan fingerprint density at radius 1 is 1.07 bits per heavy atom. The molecular formula is C34H35N9O3. The van der Waals surface area contributed by atoms with E-state index >= 15 is 0 Å². The Morgan fingerprint density at radius 3 is 2.67 bits per heavy atom. The van der Waals surface area contributed by atoms with E-state index in [1.54, 1.807) is 18.1 Å². The highest BCUT2D eigenvalue weighted by molar-refractivity contribution is 5.94. The number of nitrogens with zero attached hydrogens (tertiary/aromatic N) is 5. The quantitative estimate of drug-likeness (QED) is 0.212. The molecule has 234 valence electrons. The average Bonchev–Trinajstić information content (AvgIpc) is 3.65. The van der Waals surface area contributed by atoms with Gasteiger partial charge in [0, 0.05) is 42.5 Å². The third-order valence-corrected chi connectivity index (χ3v) is 9.15. The maximum Gasteiger partial charge on any atom is 0.411 e. The molecule has 1 aliphatic carbocycles. The maximum absolute atomic E-state index is 14.5. The van der Waals surface area contributed by atoms with Gasteiger partial charge in [-0.2, -0.15) is 5.21 Å². The number of nitrogens with one attached hydrogen (secondary N) is 3. The molecule has 12 nitrogen and oxygen atoms in total. The number of aromatic nitrogens is 5. The Labute approximate surface area is 265 Å². The predicted molar refractivity (Wildman–Crippen MR) is 174 cm³/mol. The Kier molecular flexibility index (Phi) is 7.26. The van der Waals surface area contributed by atoms with Crippen LogP contribution in [0.5, 0.6) is 0 Å². The van der Waals surface area contributed by atoms with E-state index in [-0.39, 0.29) is 25.0 Å². The number of likely N-dealkylation sites (N-methyl/N-ethyl adjacent to an activating group) is 1. The number of nitrogen functional groups attached to an aromatic ring is 1. The van der Waals surface area contributed by atoms with Crippen molar-refractivity contribution in [2.45, 2.75) is 50.6 Å². The zero-order valence-corrected chi connectivity index (χ0v) is 25.9. The van der Waals surface area contributed by atoms with Crippen LogP contribution in [-0.4, -0.2) is 56.2 Å². The van der Waals surface area contributed by atoms with Gasteiger partial charge >= 0.3 is 6.09 Å². The van der Waals surface area contributed by atoms with Crippen molar-refractivity contribution in [3.8, 4) is 0 Å². The molecule has 1 fully saturated rings. The van der Waals surface area contributed by atoms with Crippen LogP contribution in [0.15, 0.2) is 66.9 Å². The number of pyridine rings is 1. The van der Waals surface area contributed by atoms with Gasteiger partial charge in [-0.15, -0.1) is 10.2 Å². The smallest absolute Gasteiger partial charge is 0.411 e. The fraction of sp³-hybridized carbons (Fsp3) is 0.294. The number of H-pyrrole nitrogens is 1. The SMILES string of the molecule is Cc1cc2ccc1C(C)COC(=O)Nc1ccc(C3(c4nn[nH]n4)CC3)c(c1)CN(C)C(=O)C2Nc1ccc2c(N)nccc2c1. The topological polar surface area (TPSA) is 164 Å². The van der Waals surface area contributed by atoms with Crippen LogP contribution in [0.1, 0.15) is 65.4 Å². The Bertz CT molecular complexity index is 1960. The van der Waals surface area contributed by atoms with Crippen molar-refractivity contribution in [1.82, 2.24) is 30.5 Å². The van der Waals surface area contributed by atoms with E-state index < -0.39 is 17.6 Å². The third-order valence-electron chi connectivity index (χ3n) is 9.15. The van der Waals surface area contributed by atoms with Crippen LogP contribution in [0.2, 0.25) is 0 Å². The molecule has 5 aromatic rings. The number of amides is 2. The Hall–Kier alpha value is -5.52. The largest absolute Gasteiger partial charge is 0.449 e. The zero-order chi connectivity index (χ0) is 32.0. The van der Waals surface area contributed by atoms with Gasteiger partial charge in [-0.1, -0.05) is 36.4 Å². The van der Waals surface area contributed by atoms with Gasteiger partial charge in [0.05, 0.1) is 12.0 Å². The zero-order valence-electron chi connectivity index (χ0n) is 25.9. The molecule has 12 heteroatoms. The van der Waals surface area contributed by atoms with E-state index in [2.05, 4.69) is 36.2 Å². The Morgan fingerprint density at radius 2 is 1.91 bits per heavy atom. The first-order valence-electron chi connectivity index (χ1n) is 15.3. The van der Waals surface area contributed by atoms with Crippen molar-refractivity contribution in [3.05, 3.63) is 101 Å². The van der Waals surface area contributed by atoms with Crippen molar-refractivity contribution in [3.63, 3.8) is 0 Å². The van der Waals surface area contributed by atoms with Crippen molar-refractivity contribution in [2.24, 2.45) is 0 Å². The van der Waals surface area contributed by atoms with E-state index in [1.165, 1.54) is 0 Å². The summed E-state index contributed by atoms with van der Waals surface area (Å²) in [4.78, 5) is 33.2. The molecule has 4 heterocycles. The number of nitrogens with two attached hydrogens (primary N) is 1. The summed E-state index contributed by atoms with van der Waals surface area (Å²) in [7, 11) is 1.79. The number of rotatable bonds is 4. The van der Waals surface area contributed by atoms with Gasteiger partial charge in [0.25, 0.3) is 0 Å². The summed E-state index contributed by atoms with van der Waals surface area (Å²) in [6.07, 6.45) is 2.84. The van der Waals surface area contributed by atoms with Crippen LogP contribution >= 0.6 is 0 Å². The van der Waals surface area contributed by atoms with Gasteiger partial charge in [-0.25, -0.2) is 9.78 Å². The third kappa shape index (κ3) is 5.35. The summed E-state index contributed by atoms with van der Waals surface area (Å²) in [6, 6.07) is 18.8. The van der Waals surface area contributed by atoms with E-state index in [0.29, 0.717) is 17.3 Å². The molecule has 0 saturated heterocycles. The molecule has 0 spiro atoms. The van der Waals surface area contributed by atoms with Crippen molar-refractivity contribution >= 4 is 40.0 Å². The first-order valence-corrected chi connectivity index (χ1v) is 15.3. The number of carbonyl (C=O) groups is 2. The summed E-state index contributed by atoms with van der Waals surface area (Å²) in [6.45, 7) is 4.52. The van der Waals surface area contributed by atoms with E-state index in [9.17, 15) is 9.59 Å². The number of aromatic amines is 1. The normalized spacial score (nSPS) is 19.5. The summed E-state index contributed by atoms with van der Waals surface area (Å²) >= 11 is 0. The molecule has 2 atom stereocenters. The maximum atomic E-state index is 14.5. The average molecular weight is 618 g/mol. The molecule has 46 heavy (non-hydrogen) atoms. The minimum Gasteiger partial charge on any atom is -0.449 e. The number of tetrazole rings is 1. The fourth-order valence-corrected chi connectivity index (χ4v) is 6.55. The lowest BCUT2D eigenvalue weighted by atomic mass is 9.89. The molecule has 2 aromatic heterocycles. The van der Waals surface area contributed by atoms with Gasteiger partial charge in [0.15, 0.2) is 5.82 Å². The lowest BCUT2D eigenvalue weighted by molar-refractivity contribution is -0.131. The molecule has 2 unspecified atom stereocenters.